The van der Waals surface area contributed by atoms with Crippen molar-refractivity contribution in [3.8, 4) is 0 Å². The molecular weight excluding hydrogens is 224 g/mol. The number of aliphatic hydroxyl groups is 1. The van der Waals surface area contributed by atoms with Crippen LogP contribution in [0, 0.1) is 10.1 Å². The Kier molecular flexibility index (Phi) is 5.09. The first-order valence-electron chi connectivity index (χ1n) is 5.90. The number of aryl methyl sites for hydroxylation is 1. The molecule has 1 unspecified atom stereocenters. The monoisotopic (exact) mass is 242 g/mol. The van der Waals surface area contributed by atoms with Crippen LogP contribution >= 0.6 is 0 Å². The van der Waals surface area contributed by atoms with Crippen molar-refractivity contribution in [1.29, 1.82) is 0 Å². The Labute approximate surface area is 99.8 Å². The maximum Gasteiger partial charge on any atom is 0.334 e. The third kappa shape index (κ3) is 3.52. The SMILES string of the molecule is CCCCC(O)Cc1onc(CC)c1[N+](=O)[O-]. The van der Waals surface area contributed by atoms with Crippen LogP contribution in [-0.2, 0) is 12.8 Å². The molecule has 1 aromatic heterocycles. The highest BCUT2D eigenvalue weighted by atomic mass is 16.6. The highest BCUT2D eigenvalue weighted by molar-refractivity contribution is 5.38. The lowest BCUT2D eigenvalue weighted by molar-refractivity contribution is -0.386. The summed E-state index contributed by atoms with van der Waals surface area (Å²) in [6.07, 6.45) is 2.50. The zero-order valence-electron chi connectivity index (χ0n) is 10.2. The number of hydrogen-bond acceptors (Lipinski definition) is 5. The molecule has 0 amide bonds. The van der Waals surface area contributed by atoms with Crippen LogP contribution in [0.2, 0.25) is 0 Å². The van der Waals surface area contributed by atoms with Gasteiger partial charge in [-0.25, -0.2) is 0 Å². The fourth-order valence-electron chi connectivity index (χ4n) is 1.69. The summed E-state index contributed by atoms with van der Waals surface area (Å²) in [5, 5.41) is 24.3. The second kappa shape index (κ2) is 6.34. The summed E-state index contributed by atoms with van der Waals surface area (Å²) in [5.74, 6) is 0.176. The van der Waals surface area contributed by atoms with Gasteiger partial charge in [0.2, 0.25) is 5.76 Å². The molecule has 96 valence electrons. The van der Waals surface area contributed by atoms with Crippen LogP contribution in [0.5, 0.6) is 0 Å². The van der Waals surface area contributed by atoms with Gasteiger partial charge in [-0.15, -0.1) is 0 Å². The van der Waals surface area contributed by atoms with Crippen molar-refractivity contribution < 1.29 is 14.6 Å². The molecule has 0 aliphatic carbocycles. The van der Waals surface area contributed by atoms with Crippen molar-refractivity contribution in [2.24, 2.45) is 0 Å². The van der Waals surface area contributed by atoms with E-state index in [2.05, 4.69) is 5.16 Å². The molecule has 0 saturated carbocycles. The summed E-state index contributed by atoms with van der Waals surface area (Å²) in [6.45, 7) is 3.81. The van der Waals surface area contributed by atoms with E-state index in [0.29, 0.717) is 18.5 Å². The fraction of sp³-hybridized carbons (Fsp3) is 0.727. The van der Waals surface area contributed by atoms with Crippen molar-refractivity contribution in [2.45, 2.75) is 52.1 Å². The average molecular weight is 242 g/mol. The number of nitrogens with zero attached hydrogens (tertiary/aromatic N) is 2. The van der Waals surface area contributed by atoms with E-state index in [1.807, 2.05) is 6.92 Å². The van der Waals surface area contributed by atoms with E-state index < -0.39 is 11.0 Å². The van der Waals surface area contributed by atoms with E-state index in [-0.39, 0.29) is 17.9 Å². The number of aromatic nitrogens is 1. The minimum atomic E-state index is -0.605. The van der Waals surface area contributed by atoms with Gasteiger partial charge in [0.25, 0.3) is 0 Å². The van der Waals surface area contributed by atoms with Gasteiger partial charge in [0.1, 0.15) is 0 Å². The van der Waals surface area contributed by atoms with E-state index in [0.717, 1.165) is 12.8 Å². The molecule has 1 atom stereocenters. The van der Waals surface area contributed by atoms with Crippen molar-refractivity contribution in [3.05, 3.63) is 21.6 Å². The van der Waals surface area contributed by atoms with Crippen LogP contribution in [0.4, 0.5) is 5.69 Å². The predicted molar refractivity (Wildman–Crippen MR) is 61.8 cm³/mol. The Morgan fingerprint density at radius 1 is 1.53 bits per heavy atom. The molecule has 1 heterocycles. The Morgan fingerprint density at radius 3 is 2.76 bits per heavy atom. The Balaban J connectivity index is 2.76. The van der Waals surface area contributed by atoms with Gasteiger partial charge in [0.15, 0.2) is 5.69 Å². The van der Waals surface area contributed by atoms with E-state index in [4.69, 9.17) is 4.52 Å². The first-order chi connectivity index (χ1) is 8.10. The van der Waals surface area contributed by atoms with E-state index in [9.17, 15) is 15.2 Å². The molecule has 1 rings (SSSR count). The molecule has 0 saturated heterocycles. The Hall–Kier alpha value is -1.43. The fourth-order valence-corrected chi connectivity index (χ4v) is 1.69. The van der Waals surface area contributed by atoms with Gasteiger partial charge in [-0.05, 0) is 12.8 Å². The second-order valence-corrected chi connectivity index (χ2v) is 4.01. The summed E-state index contributed by atoms with van der Waals surface area (Å²) in [7, 11) is 0. The number of nitro groups is 1. The summed E-state index contributed by atoms with van der Waals surface area (Å²) in [6, 6.07) is 0. The van der Waals surface area contributed by atoms with Gasteiger partial charge >= 0.3 is 5.69 Å². The van der Waals surface area contributed by atoms with Gasteiger partial charge < -0.3 is 9.63 Å². The predicted octanol–water partition coefficient (Wildman–Crippen LogP) is 2.24. The summed E-state index contributed by atoms with van der Waals surface area (Å²) < 4.78 is 4.95. The van der Waals surface area contributed by atoms with Crippen LogP contribution in [-0.4, -0.2) is 21.3 Å². The highest BCUT2D eigenvalue weighted by Crippen LogP contribution is 2.25. The Morgan fingerprint density at radius 2 is 2.24 bits per heavy atom. The molecule has 0 aliphatic heterocycles. The van der Waals surface area contributed by atoms with Crippen LogP contribution in [0.25, 0.3) is 0 Å². The molecule has 0 fully saturated rings. The molecule has 0 spiro atoms. The topological polar surface area (TPSA) is 89.4 Å². The minimum absolute atomic E-state index is 0.0805. The van der Waals surface area contributed by atoms with Crippen LogP contribution in [0.1, 0.15) is 44.6 Å². The van der Waals surface area contributed by atoms with Crippen molar-refractivity contribution in [1.82, 2.24) is 5.16 Å². The molecule has 1 aromatic rings. The molecular formula is C11H18N2O4. The molecule has 1 N–H and O–H groups in total. The third-order valence-electron chi connectivity index (χ3n) is 2.63. The standard InChI is InChI=1S/C11H18N2O4/c1-3-5-6-8(14)7-10-11(13(15)16)9(4-2)12-17-10/h8,14H,3-7H2,1-2H3. The summed E-state index contributed by atoms with van der Waals surface area (Å²) >= 11 is 0. The largest absolute Gasteiger partial charge is 0.393 e. The number of unbranched alkanes of at least 4 members (excludes halogenated alkanes) is 1. The van der Waals surface area contributed by atoms with Gasteiger partial charge in [-0.1, -0.05) is 31.8 Å². The van der Waals surface area contributed by atoms with Crippen LogP contribution in [0.3, 0.4) is 0 Å². The van der Waals surface area contributed by atoms with Gasteiger partial charge in [-0.2, -0.15) is 0 Å². The smallest absolute Gasteiger partial charge is 0.334 e. The summed E-state index contributed by atoms with van der Waals surface area (Å²) in [5.41, 5.74) is 0.260. The normalized spacial score (nSPS) is 12.6. The lowest BCUT2D eigenvalue weighted by Gasteiger charge is -2.06. The van der Waals surface area contributed by atoms with Gasteiger partial charge in [-0.3, -0.25) is 10.1 Å². The maximum atomic E-state index is 10.9. The van der Waals surface area contributed by atoms with E-state index in [1.165, 1.54) is 0 Å². The quantitative estimate of drug-likeness (QED) is 0.585. The second-order valence-electron chi connectivity index (χ2n) is 4.01. The van der Waals surface area contributed by atoms with Crippen LogP contribution < -0.4 is 0 Å². The number of hydrogen-bond donors (Lipinski definition) is 1. The third-order valence-corrected chi connectivity index (χ3v) is 2.63. The molecule has 0 bridgehead atoms. The van der Waals surface area contributed by atoms with E-state index in [1.54, 1.807) is 6.92 Å². The molecule has 0 aromatic carbocycles. The molecule has 0 aliphatic rings. The maximum absolute atomic E-state index is 10.9. The zero-order chi connectivity index (χ0) is 12.8. The van der Waals surface area contributed by atoms with Crippen LogP contribution in [0.15, 0.2) is 4.52 Å². The van der Waals surface area contributed by atoms with Gasteiger partial charge in [0, 0.05) is 6.42 Å². The Bertz CT molecular complexity index is 376. The first kappa shape index (κ1) is 13.6. The minimum Gasteiger partial charge on any atom is -0.393 e. The lowest BCUT2D eigenvalue weighted by Crippen LogP contribution is -2.10. The van der Waals surface area contributed by atoms with E-state index >= 15 is 0 Å². The highest BCUT2D eigenvalue weighted by Gasteiger charge is 2.27. The average Bonchev–Trinajstić information content (AvgIpc) is 2.69. The number of rotatable bonds is 7. The zero-order valence-corrected chi connectivity index (χ0v) is 10.2. The summed E-state index contributed by atoms with van der Waals surface area (Å²) in [4.78, 5) is 10.4. The van der Waals surface area contributed by atoms with Crippen molar-refractivity contribution in [2.75, 3.05) is 0 Å². The lowest BCUT2D eigenvalue weighted by atomic mass is 10.1. The molecule has 0 radical (unpaired) electrons. The molecule has 6 heteroatoms. The van der Waals surface area contributed by atoms with Crippen molar-refractivity contribution in [3.63, 3.8) is 0 Å². The number of aliphatic hydroxyl groups excluding tert-OH is 1. The van der Waals surface area contributed by atoms with Crippen molar-refractivity contribution >= 4 is 5.69 Å². The van der Waals surface area contributed by atoms with Gasteiger partial charge in [0.05, 0.1) is 11.0 Å². The molecule has 6 nitrogen and oxygen atoms in total. The first-order valence-corrected chi connectivity index (χ1v) is 5.90. The molecule has 17 heavy (non-hydrogen) atoms.